The Morgan fingerprint density at radius 1 is 0.824 bits per heavy atom. The van der Waals surface area contributed by atoms with Crippen molar-refractivity contribution in [2.75, 3.05) is 31.7 Å². The SMILES string of the molecule is CCOCCOC(=O)c1ccc(NC(=O)COc2ccc(C(C)(C)c3ccccc3)cc2)cc1. The van der Waals surface area contributed by atoms with Gasteiger partial charge >= 0.3 is 5.97 Å². The number of rotatable bonds is 11. The molecule has 0 atom stereocenters. The number of nitrogens with one attached hydrogen (secondary N) is 1. The van der Waals surface area contributed by atoms with E-state index in [4.69, 9.17) is 14.2 Å². The van der Waals surface area contributed by atoms with Gasteiger partial charge in [0, 0.05) is 17.7 Å². The third-order valence-electron chi connectivity index (χ3n) is 5.51. The van der Waals surface area contributed by atoms with E-state index in [9.17, 15) is 9.59 Å². The van der Waals surface area contributed by atoms with E-state index in [1.165, 1.54) is 5.56 Å². The van der Waals surface area contributed by atoms with Gasteiger partial charge in [0.15, 0.2) is 6.61 Å². The van der Waals surface area contributed by atoms with Crippen LogP contribution in [-0.2, 0) is 19.7 Å². The van der Waals surface area contributed by atoms with Crippen LogP contribution in [0.25, 0.3) is 0 Å². The second-order valence-corrected chi connectivity index (χ2v) is 8.26. The fraction of sp³-hybridized carbons (Fsp3) is 0.286. The lowest BCUT2D eigenvalue weighted by Gasteiger charge is -2.26. The minimum Gasteiger partial charge on any atom is -0.484 e. The summed E-state index contributed by atoms with van der Waals surface area (Å²) in [4.78, 5) is 24.3. The van der Waals surface area contributed by atoms with Crippen molar-refractivity contribution in [3.63, 3.8) is 0 Å². The molecule has 178 valence electrons. The summed E-state index contributed by atoms with van der Waals surface area (Å²) in [5.41, 5.74) is 3.22. The molecule has 3 aromatic carbocycles. The summed E-state index contributed by atoms with van der Waals surface area (Å²) in [5, 5.41) is 2.76. The lowest BCUT2D eigenvalue weighted by molar-refractivity contribution is -0.118. The molecule has 0 spiro atoms. The average Bonchev–Trinajstić information content (AvgIpc) is 2.86. The molecule has 3 aromatic rings. The fourth-order valence-electron chi connectivity index (χ4n) is 3.45. The van der Waals surface area contributed by atoms with Crippen molar-refractivity contribution in [3.05, 3.63) is 95.6 Å². The molecule has 0 aliphatic carbocycles. The Balaban J connectivity index is 1.48. The molecule has 0 aromatic heterocycles. The van der Waals surface area contributed by atoms with Crippen molar-refractivity contribution < 1.29 is 23.8 Å². The summed E-state index contributed by atoms with van der Waals surface area (Å²) >= 11 is 0. The van der Waals surface area contributed by atoms with Crippen molar-refractivity contribution in [2.45, 2.75) is 26.2 Å². The Kier molecular flexibility index (Phi) is 8.82. The van der Waals surface area contributed by atoms with Crippen molar-refractivity contribution in [2.24, 2.45) is 0 Å². The third-order valence-corrected chi connectivity index (χ3v) is 5.51. The molecular weight excluding hydrogens is 430 g/mol. The smallest absolute Gasteiger partial charge is 0.338 e. The highest BCUT2D eigenvalue weighted by molar-refractivity contribution is 5.93. The number of anilines is 1. The molecule has 6 heteroatoms. The highest BCUT2D eigenvalue weighted by Gasteiger charge is 2.22. The van der Waals surface area contributed by atoms with E-state index in [2.05, 4.69) is 31.3 Å². The maximum absolute atomic E-state index is 12.3. The monoisotopic (exact) mass is 461 g/mol. The number of carbonyl (C=O) groups is 2. The molecule has 34 heavy (non-hydrogen) atoms. The molecule has 0 heterocycles. The van der Waals surface area contributed by atoms with Gasteiger partial charge in [0.25, 0.3) is 5.91 Å². The second kappa shape index (κ2) is 12.0. The van der Waals surface area contributed by atoms with Crippen molar-refractivity contribution in [1.29, 1.82) is 0 Å². The Bertz CT molecular complexity index is 1060. The van der Waals surface area contributed by atoms with Crippen LogP contribution in [0.1, 0.15) is 42.3 Å². The zero-order valence-electron chi connectivity index (χ0n) is 19.9. The zero-order valence-corrected chi connectivity index (χ0v) is 19.9. The van der Waals surface area contributed by atoms with Crippen LogP contribution in [0.2, 0.25) is 0 Å². The molecule has 0 radical (unpaired) electrons. The van der Waals surface area contributed by atoms with E-state index in [0.717, 1.165) is 5.56 Å². The fourth-order valence-corrected chi connectivity index (χ4v) is 3.45. The summed E-state index contributed by atoms with van der Waals surface area (Å²) in [6.07, 6.45) is 0. The van der Waals surface area contributed by atoms with Crippen molar-refractivity contribution in [3.8, 4) is 5.75 Å². The molecule has 3 rings (SSSR count). The number of benzene rings is 3. The highest BCUT2D eigenvalue weighted by atomic mass is 16.6. The summed E-state index contributed by atoms with van der Waals surface area (Å²) in [5.74, 6) is -0.103. The maximum atomic E-state index is 12.3. The standard InChI is InChI=1S/C28H31NO5/c1-4-32-18-19-33-27(31)21-10-14-24(15-11-21)29-26(30)20-34-25-16-12-23(13-17-25)28(2,3)22-8-6-5-7-9-22/h5-17H,4,18-20H2,1-3H3,(H,29,30). The first kappa shape index (κ1) is 25.0. The highest BCUT2D eigenvalue weighted by Crippen LogP contribution is 2.32. The lowest BCUT2D eigenvalue weighted by Crippen LogP contribution is -2.20. The first-order valence-corrected chi connectivity index (χ1v) is 11.3. The van der Waals surface area contributed by atoms with Gasteiger partial charge in [-0.1, -0.05) is 56.3 Å². The molecular formula is C28H31NO5. The van der Waals surface area contributed by atoms with E-state index in [1.54, 1.807) is 24.3 Å². The van der Waals surface area contributed by atoms with Crippen LogP contribution < -0.4 is 10.1 Å². The minimum absolute atomic E-state index is 0.122. The topological polar surface area (TPSA) is 73.9 Å². The van der Waals surface area contributed by atoms with Gasteiger partial charge in [0.1, 0.15) is 12.4 Å². The number of hydrogen-bond acceptors (Lipinski definition) is 5. The summed E-state index contributed by atoms with van der Waals surface area (Å²) in [6, 6.07) is 24.6. The molecule has 6 nitrogen and oxygen atoms in total. The van der Waals surface area contributed by atoms with Crippen LogP contribution in [0.15, 0.2) is 78.9 Å². The Labute approximate surface area is 200 Å². The minimum atomic E-state index is -0.431. The number of hydrogen-bond donors (Lipinski definition) is 1. The normalized spacial score (nSPS) is 11.0. The van der Waals surface area contributed by atoms with Crippen LogP contribution in [0.4, 0.5) is 5.69 Å². The molecule has 0 unspecified atom stereocenters. The van der Waals surface area contributed by atoms with Crippen molar-refractivity contribution in [1.82, 2.24) is 0 Å². The molecule has 0 saturated carbocycles. The van der Waals surface area contributed by atoms with Gasteiger partial charge in [-0.2, -0.15) is 0 Å². The van der Waals surface area contributed by atoms with E-state index in [1.807, 2.05) is 49.4 Å². The number of amides is 1. The first-order valence-electron chi connectivity index (χ1n) is 11.3. The summed E-state index contributed by atoms with van der Waals surface area (Å²) in [7, 11) is 0. The van der Waals surface area contributed by atoms with E-state index < -0.39 is 5.97 Å². The van der Waals surface area contributed by atoms with Crippen LogP contribution in [-0.4, -0.2) is 38.3 Å². The average molecular weight is 462 g/mol. The molecule has 0 aliphatic rings. The van der Waals surface area contributed by atoms with Gasteiger partial charge in [-0.25, -0.2) is 4.79 Å². The number of ether oxygens (including phenoxy) is 3. The molecule has 0 bridgehead atoms. The van der Waals surface area contributed by atoms with Gasteiger partial charge in [0.2, 0.25) is 0 Å². The largest absolute Gasteiger partial charge is 0.484 e. The maximum Gasteiger partial charge on any atom is 0.338 e. The van der Waals surface area contributed by atoms with Crippen LogP contribution >= 0.6 is 0 Å². The van der Waals surface area contributed by atoms with Crippen LogP contribution in [0, 0.1) is 0 Å². The van der Waals surface area contributed by atoms with Crippen molar-refractivity contribution >= 4 is 17.6 Å². The van der Waals surface area contributed by atoms with Crippen LogP contribution in [0.5, 0.6) is 5.75 Å². The molecule has 1 amide bonds. The summed E-state index contributed by atoms with van der Waals surface area (Å²) in [6.45, 7) is 7.26. The molecule has 1 N–H and O–H groups in total. The number of esters is 1. The van der Waals surface area contributed by atoms with Gasteiger partial charge in [-0.15, -0.1) is 0 Å². The van der Waals surface area contributed by atoms with Crippen LogP contribution in [0.3, 0.4) is 0 Å². The Hall–Kier alpha value is -3.64. The molecule has 0 saturated heterocycles. The third kappa shape index (κ3) is 6.93. The molecule has 0 fully saturated rings. The van der Waals surface area contributed by atoms with Gasteiger partial charge in [-0.3, -0.25) is 4.79 Å². The van der Waals surface area contributed by atoms with Gasteiger partial charge in [-0.05, 0) is 54.4 Å². The predicted molar refractivity (Wildman–Crippen MR) is 132 cm³/mol. The lowest BCUT2D eigenvalue weighted by atomic mass is 9.78. The predicted octanol–water partition coefficient (Wildman–Crippen LogP) is 5.22. The van der Waals surface area contributed by atoms with E-state index in [0.29, 0.717) is 30.2 Å². The van der Waals surface area contributed by atoms with Gasteiger partial charge < -0.3 is 19.5 Å². The Morgan fingerprint density at radius 2 is 1.47 bits per heavy atom. The van der Waals surface area contributed by atoms with E-state index >= 15 is 0 Å². The summed E-state index contributed by atoms with van der Waals surface area (Å²) < 4.78 is 15.9. The quantitative estimate of drug-likeness (QED) is 0.313. The number of carbonyl (C=O) groups excluding carboxylic acids is 2. The second-order valence-electron chi connectivity index (χ2n) is 8.26. The Morgan fingerprint density at radius 3 is 2.12 bits per heavy atom. The zero-order chi connectivity index (χ0) is 24.4. The molecule has 0 aliphatic heterocycles. The van der Waals surface area contributed by atoms with E-state index in [-0.39, 0.29) is 24.5 Å². The first-order chi connectivity index (χ1) is 16.4. The van der Waals surface area contributed by atoms with Gasteiger partial charge in [0.05, 0.1) is 12.2 Å².